The summed E-state index contributed by atoms with van der Waals surface area (Å²) in [5.74, 6) is 1.55. The lowest BCUT2D eigenvalue weighted by Gasteiger charge is -2.42. The van der Waals surface area contributed by atoms with Crippen molar-refractivity contribution in [3.8, 4) is 5.75 Å². The number of halogens is 1. The molecule has 1 saturated carbocycles. The van der Waals surface area contributed by atoms with E-state index >= 15 is 0 Å². The van der Waals surface area contributed by atoms with Crippen LogP contribution in [0.3, 0.4) is 0 Å². The molecule has 2 heterocycles. The molecule has 0 saturated heterocycles. The minimum absolute atomic E-state index is 0.122. The first-order valence-electron chi connectivity index (χ1n) is 14.2. The van der Waals surface area contributed by atoms with Crippen molar-refractivity contribution >= 4 is 34.2 Å². The fraction of sp³-hybridized carbons (Fsp3) is 0.516. The fourth-order valence-corrected chi connectivity index (χ4v) is 7.39. The van der Waals surface area contributed by atoms with Crippen molar-refractivity contribution in [1.82, 2.24) is 4.72 Å². The zero-order chi connectivity index (χ0) is 27.5. The number of carbonyl (C=O) groups is 1. The van der Waals surface area contributed by atoms with Gasteiger partial charge in [-0.25, -0.2) is 4.21 Å². The number of hydrogen-bond donors (Lipinski definition) is 2. The molecule has 1 fully saturated rings. The summed E-state index contributed by atoms with van der Waals surface area (Å²) in [6, 6.07) is 11.6. The number of nitrogens with zero attached hydrogens (tertiary/aromatic N) is 1. The van der Waals surface area contributed by atoms with Crippen LogP contribution < -0.4 is 14.4 Å². The predicted octanol–water partition coefficient (Wildman–Crippen LogP) is 5.65. The number of anilines is 1. The first-order valence-corrected chi connectivity index (χ1v) is 15.9. The van der Waals surface area contributed by atoms with E-state index in [9.17, 15) is 14.1 Å². The second-order valence-corrected chi connectivity index (χ2v) is 13.1. The summed E-state index contributed by atoms with van der Waals surface area (Å²) >= 11 is 6.37. The van der Waals surface area contributed by atoms with Gasteiger partial charge in [-0.05, 0) is 84.9 Å². The quantitative estimate of drug-likeness (QED) is 0.466. The summed E-state index contributed by atoms with van der Waals surface area (Å²) in [6.07, 6.45) is 8.16. The molecule has 2 aromatic rings. The molecule has 2 bridgehead atoms. The molecule has 2 aromatic carbocycles. The van der Waals surface area contributed by atoms with Gasteiger partial charge in [0.25, 0.3) is 5.91 Å². The van der Waals surface area contributed by atoms with Gasteiger partial charge in [-0.1, -0.05) is 50.1 Å². The van der Waals surface area contributed by atoms with E-state index in [0.717, 1.165) is 55.2 Å². The second kappa shape index (κ2) is 12.4. The van der Waals surface area contributed by atoms with E-state index in [2.05, 4.69) is 28.7 Å². The molecule has 0 spiro atoms. The van der Waals surface area contributed by atoms with E-state index in [-0.39, 0.29) is 23.7 Å². The monoisotopic (exact) mass is 570 g/mol. The Labute approximate surface area is 239 Å². The highest BCUT2D eigenvalue weighted by Crippen LogP contribution is 2.42. The number of aryl methyl sites for hydroxylation is 1. The third-order valence-corrected chi connectivity index (χ3v) is 9.91. The molecule has 4 unspecified atom stereocenters. The molecule has 0 radical (unpaired) electrons. The molecule has 1 amide bonds. The van der Waals surface area contributed by atoms with Crippen molar-refractivity contribution in [3.63, 3.8) is 0 Å². The van der Waals surface area contributed by atoms with Gasteiger partial charge in [0.2, 0.25) is 0 Å². The Morgan fingerprint density at radius 3 is 2.79 bits per heavy atom. The van der Waals surface area contributed by atoms with Crippen molar-refractivity contribution in [3.05, 3.63) is 70.3 Å². The lowest BCUT2D eigenvalue weighted by molar-refractivity contribution is 0.0461. The molecule has 2 aliphatic heterocycles. The number of fused-ring (bicyclic) bond motifs is 2. The third kappa shape index (κ3) is 6.53. The van der Waals surface area contributed by atoms with Crippen molar-refractivity contribution in [2.75, 3.05) is 30.3 Å². The van der Waals surface area contributed by atoms with Gasteiger partial charge in [-0.15, -0.1) is 0 Å². The smallest absolute Gasteiger partial charge is 0.263 e. The number of aliphatic hydroxyl groups is 1. The third-order valence-electron chi connectivity index (χ3n) is 8.39. The number of nitrogens with one attached hydrogen (secondary N) is 1. The molecule has 5 rings (SSSR count). The van der Waals surface area contributed by atoms with Gasteiger partial charge in [0.1, 0.15) is 16.7 Å². The molecule has 1 aliphatic carbocycles. The van der Waals surface area contributed by atoms with Crippen LogP contribution >= 0.6 is 11.6 Å². The average molecular weight is 571 g/mol. The Hall–Kier alpha value is -2.35. The SMILES string of the molecule is CCCc1cc(Cl)ccc1[C@@H]1COc2ccc3cc2N(CC2CCC2C(O)/C=C/C[C@@H](C)CS(=O)NC3=O)C1. The Bertz CT molecular complexity index is 1250. The van der Waals surface area contributed by atoms with E-state index < -0.39 is 17.1 Å². The number of benzene rings is 2. The lowest BCUT2D eigenvalue weighted by atomic mass is 9.70. The number of aliphatic hydroxyl groups excluding tert-OH is 1. The maximum atomic E-state index is 13.1. The first kappa shape index (κ1) is 28.2. The molecular formula is C31H39ClN2O4S. The zero-order valence-corrected chi connectivity index (χ0v) is 24.3. The minimum Gasteiger partial charge on any atom is -0.491 e. The molecular weight excluding hydrogens is 532 g/mol. The largest absolute Gasteiger partial charge is 0.491 e. The molecule has 0 aromatic heterocycles. The average Bonchev–Trinajstić information content (AvgIpc) is 3.05. The molecule has 210 valence electrons. The van der Waals surface area contributed by atoms with Crippen LogP contribution in [0.5, 0.6) is 5.75 Å². The fourth-order valence-electron chi connectivity index (χ4n) is 6.13. The van der Waals surface area contributed by atoms with Gasteiger partial charge >= 0.3 is 0 Å². The highest BCUT2D eigenvalue weighted by Gasteiger charge is 2.38. The van der Waals surface area contributed by atoms with Crippen LogP contribution in [0.25, 0.3) is 0 Å². The Morgan fingerprint density at radius 2 is 2.03 bits per heavy atom. The maximum Gasteiger partial charge on any atom is 0.263 e. The van der Waals surface area contributed by atoms with Crippen LogP contribution in [0, 0.1) is 17.8 Å². The molecule has 2 N–H and O–H groups in total. The summed E-state index contributed by atoms with van der Waals surface area (Å²) in [6.45, 7) is 6.21. The number of rotatable bonds is 3. The number of carbonyl (C=O) groups excluding carboxylic acids is 1. The minimum atomic E-state index is -1.49. The summed E-state index contributed by atoms with van der Waals surface area (Å²) < 4.78 is 21.7. The number of hydrogen-bond acceptors (Lipinski definition) is 5. The van der Waals surface area contributed by atoms with Gasteiger partial charge in [0.15, 0.2) is 0 Å². The Morgan fingerprint density at radius 1 is 1.18 bits per heavy atom. The highest BCUT2D eigenvalue weighted by atomic mass is 35.5. The topological polar surface area (TPSA) is 78.9 Å². The van der Waals surface area contributed by atoms with Crippen LogP contribution in [0.15, 0.2) is 48.6 Å². The molecule has 8 heteroatoms. The van der Waals surface area contributed by atoms with E-state index in [1.165, 1.54) is 11.1 Å². The molecule has 3 aliphatic rings. The van der Waals surface area contributed by atoms with E-state index in [4.69, 9.17) is 16.3 Å². The Balaban J connectivity index is 1.51. The lowest BCUT2D eigenvalue weighted by Crippen LogP contribution is -2.44. The van der Waals surface area contributed by atoms with Crippen molar-refractivity contribution in [2.45, 2.75) is 58.0 Å². The first-order chi connectivity index (χ1) is 18.8. The van der Waals surface area contributed by atoms with E-state index in [1.807, 2.05) is 37.3 Å². The van der Waals surface area contributed by atoms with Crippen LogP contribution in [0.4, 0.5) is 5.69 Å². The molecule has 6 nitrogen and oxygen atoms in total. The van der Waals surface area contributed by atoms with Crippen LogP contribution in [0.1, 0.15) is 66.9 Å². The van der Waals surface area contributed by atoms with Gasteiger partial charge in [-0.2, -0.15) is 0 Å². The standard InChI is InChI=1S/C31H39ClN2O4S/c1-3-5-21-14-25(32)10-12-26(21)24-17-34-16-23-8-11-27(23)29(35)7-4-6-20(2)19-39(37)33-31(36)22-9-13-30(38-18-24)28(34)15-22/h4,7,9-10,12-15,20,23-24,27,29,35H,3,5-6,8,11,16-19H2,1-2H3,(H,33,36)/b7-4+/t20-,23?,24+,27?,29?,39?/m1/s1. The van der Waals surface area contributed by atoms with Gasteiger partial charge in [0, 0.05) is 35.3 Å². The van der Waals surface area contributed by atoms with Crippen molar-refractivity contribution in [2.24, 2.45) is 17.8 Å². The predicted molar refractivity (Wildman–Crippen MR) is 158 cm³/mol. The van der Waals surface area contributed by atoms with E-state index in [1.54, 1.807) is 6.07 Å². The summed E-state index contributed by atoms with van der Waals surface area (Å²) in [7, 11) is -1.49. The van der Waals surface area contributed by atoms with Gasteiger partial charge in [0.05, 0.1) is 18.4 Å². The van der Waals surface area contributed by atoms with Crippen LogP contribution in [0.2, 0.25) is 5.02 Å². The normalized spacial score (nSPS) is 30.3. The van der Waals surface area contributed by atoms with E-state index in [0.29, 0.717) is 30.3 Å². The number of ether oxygens (including phenoxy) is 1. The second-order valence-electron chi connectivity index (χ2n) is 11.4. The summed E-state index contributed by atoms with van der Waals surface area (Å²) in [5.41, 5.74) is 3.84. The number of amides is 1. The zero-order valence-electron chi connectivity index (χ0n) is 22.8. The maximum absolute atomic E-state index is 13.1. The molecule has 6 atom stereocenters. The van der Waals surface area contributed by atoms with Gasteiger partial charge in [-0.3, -0.25) is 9.52 Å². The molecule has 39 heavy (non-hydrogen) atoms. The van der Waals surface area contributed by atoms with Crippen molar-refractivity contribution in [1.29, 1.82) is 0 Å². The summed E-state index contributed by atoms with van der Waals surface area (Å²) in [5, 5.41) is 11.7. The van der Waals surface area contributed by atoms with Crippen molar-refractivity contribution < 1.29 is 18.8 Å². The highest BCUT2D eigenvalue weighted by molar-refractivity contribution is 7.83. The Kier molecular flexibility index (Phi) is 8.99. The van der Waals surface area contributed by atoms with Crippen LogP contribution in [-0.4, -0.2) is 46.8 Å². The summed E-state index contributed by atoms with van der Waals surface area (Å²) in [4.78, 5) is 15.4. The van der Waals surface area contributed by atoms with Gasteiger partial charge < -0.3 is 14.7 Å². The number of allylic oxidation sites excluding steroid dienone is 1. The van der Waals surface area contributed by atoms with Crippen LogP contribution in [-0.2, 0) is 17.4 Å².